The quantitative estimate of drug-likeness (QED) is 0.0840. The zero-order chi connectivity index (χ0) is 74.2. The van der Waals surface area contributed by atoms with E-state index in [2.05, 4.69) is 54.5 Å². The van der Waals surface area contributed by atoms with Crippen LogP contribution in [0.25, 0.3) is 11.0 Å². The van der Waals surface area contributed by atoms with Crippen LogP contribution in [-0.2, 0) is 58.6 Å². The summed E-state index contributed by atoms with van der Waals surface area (Å²) in [6.45, 7) is 21.3. The van der Waals surface area contributed by atoms with Crippen molar-refractivity contribution in [2.45, 2.75) is 294 Å². The van der Waals surface area contributed by atoms with Crippen LogP contribution in [-0.4, -0.2) is 263 Å². The predicted octanol–water partition coefficient (Wildman–Crippen LogP) is 0.781. The van der Waals surface area contributed by atoms with Gasteiger partial charge in [0.25, 0.3) is 0 Å². The highest BCUT2D eigenvalue weighted by molar-refractivity contribution is 5.87. The molecule has 5 aliphatic carbocycles. The van der Waals surface area contributed by atoms with E-state index in [0.29, 0.717) is 61.4 Å². The fraction of sp³-hybridized carbons (Fsp3) is 0.808. The minimum atomic E-state index is -1.93. The number of benzene rings is 1. The molecular formula is C73H108O29. The number of phenolic OH excluding ortho intramolecular Hbond substituents is 1. The summed E-state index contributed by atoms with van der Waals surface area (Å²) in [5.41, 5.74) is -0.415. The molecule has 2 aromatic rings. The van der Waals surface area contributed by atoms with Gasteiger partial charge in [0.2, 0.25) is 6.29 Å². The van der Waals surface area contributed by atoms with Crippen molar-refractivity contribution in [1.82, 2.24) is 0 Å². The summed E-state index contributed by atoms with van der Waals surface area (Å²) in [4.78, 5) is 27.4. The van der Waals surface area contributed by atoms with E-state index in [1.165, 1.54) is 13.0 Å². The Balaban J connectivity index is 0.000000443. The Kier molecular flexibility index (Phi) is 22.0. The van der Waals surface area contributed by atoms with E-state index >= 15 is 4.79 Å². The van der Waals surface area contributed by atoms with Crippen LogP contribution < -0.4 is 10.2 Å². The van der Waals surface area contributed by atoms with Crippen LogP contribution in [0.3, 0.4) is 0 Å². The Bertz CT molecular complexity index is 3470. The third-order valence-corrected chi connectivity index (χ3v) is 26.0. The summed E-state index contributed by atoms with van der Waals surface area (Å²) in [5.74, 6) is 0.0525. The highest BCUT2D eigenvalue weighted by atomic mass is 16.8. The lowest BCUT2D eigenvalue weighted by atomic mass is 9.33. The van der Waals surface area contributed by atoms with Crippen molar-refractivity contribution < 1.29 is 138 Å². The van der Waals surface area contributed by atoms with Crippen LogP contribution in [0, 0.1) is 57.2 Å². The number of carbonyl (C=O) groups excluding carboxylic acids is 1. The smallest absolute Gasteiger partial charge is 0.317 e. The molecule has 29 nitrogen and oxygen atoms in total. The molecule has 32 atom stereocenters. The van der Waals surface area contributed by atoms with E-state index in [1.54, 1.807) is 19.9 Å². The average Bonchev–Trinajstić information content (AvgIpc) is 0.686. The molecule has 0 radical (unpaired) electrons. The highest BCUT2D eigenvalue weighted by Crippen LogP contribution is 2.76. The number of aromatic hydroxyl groups is 1. The molecular weight excluding hydrogens is 1340 g/mol. The molecule has 6 aliphatic heterocycles. The zero-order valence-electron chi connectivity index (χ0n) is 59.8. The molecule has 15 N–H and O–H groups in total. The molecule has 9 fully saturated rings. The lowest BCUT2D eigenvalue weighted by molar-refractivity contribution is -0.374. The van der Waals surface area contributed by atoms with Crippen molar-refractivity contribution in [3.63, 3.8) is 0 Å². The van der Waals surface area contributed by atoms with Gasteiger partial charge in [-0.2, -0.15) is 0 Å². The summed E-state index contributed by atoms with van der Waals surface area (Å²) < 4.78 is 70.8. The first-order chi connectivity index (χ1) is 47.8. The van der Waals surface area contributed by atoms with Crippen molar-refractivity contribution >= 4 is 16.9 Å². The Hall–Kier alpha value is -3.94. The summed E-state index contributed by atoms with van der Waals surface area (Å²) in [6, 6.07) is 3.07. The van der Waals surface area contributed by atoms with Crippen molar-refractivity contribution in [2.24, 2.45) is 50.2 Å². The first-order valence-corrected chi connectivity index (χ1v) is 36.1. The average molecular weight is 1450 g/mol. The summed E-state index contributed by atoms with van der Waals surface area (Å²) in [7, 11) is 0. The maximum Gasteiger partial charge on any atom is 0.317 e. The Morgan fingerprint density at radius 1 is 0.608 bits per heavy atom. The van der Waals surface area contributed by atoms with Crippen molar-refractivity contribution in [1.29, 1.82) is 0 Å². The molecule has 0 bridgehead atoms. The number of rotatable bonds is 11. The van der Waals surface area contributed by atoms with E-state index in [4.69, 9.17) is 56.5 Å². The zero-order valence-corrected chi connectivity index (χ0v) is 59.8. The number of ether oxygens (including phenoxy) is 11. The van der Waals surface area contributed by atoms with Gasteiger partial charge in [0.05, 0.1) is 44.2 Å². The van der Waals surface area contributed by atoms with Gasteiger partial charge in [-0.15, -0.1) is 0 Å². The van der Waals surface area contributed by atoms with Gasteiger partial charge in [0, 0.05) is 17.7 Å². The number of fused-ring (bicyclic) bond motifs is 9. The Morgan fingerprint density at radius 2 is 1.20 bits per heavy atom. The predicted molar refractivity (Wildman–Crippen MR) is 354 cm³/mol. The molecule has 11 aliphatic rings. The summed E-state index contributed by atoms with van der Waals surface area (Å²) in [6.07, 6.45) is -26.7. The largest absolute Gasteiger partial charge is 0.507 e. The number of aryl methyl sites for hydroxylation is 1. The van der Waals surface area contributed by atoms with Gasteiger partial charge < -0.3 is 133 Å². The molecule has 0 amide bonds. The topological polar surface area (TPSA) is 452 Å². The lowest BCUT2D eigenvalue weighted by Gasteiger charge is -2.71. The number of aliphatic hydroxyl groups excluding tert-OH is 14. The monoisotopic (exact) mass is 1450 g/mol. The molecule has 29 heteroatoms. The number of hydrogen-bond acceptors (Lipinski definition) is 29. The highest BCUT2D eigenvalue weighted by Gasteiger charge is 2.72. The van der Waals surface area contributed by atoms with Crippen LogP contribution in [0.1, 0.15) is 138 Å². The summed E-state index contributed by atoms with van der Waals surface area (Å²) in [5, 5.41) is 163. The van der Waals surface area contributed by atoms with Crippen LogP contribution in [0.5, 0.6) is 11.5 Å². The molecule has 5 saturated heterocycles. The van der Waals surface area contributed by atoms with E-state index in [0.717, 1.165) is 30.4 Å². The standard InChI is InChI=1S/C58H94O25.C15H14O4/c1-23-44(80-47-40(69)34(63)27(60)21-74-47)38(67)42(71)48(76-23)79-33-13-14-55(7)30(54(33,5)6)12-15-56(8)31(55)11-10-25-26-18-53(3,4)16-17-58(26,32(62)19-57(25,56)9)52(73)83-51-46(35(64)28(61)22-75-51)82-49-43(72)39(68)45(24(2)77-49)81-50-41(70)37(66)36(65)29(20-59)78-50;1-8-3-4-10-12(18-7-8)6-13-14(15(10)17)11(16)5-9(2)19-13/h10,23-24,26-51,59-72H,11-22H2,1-9H3;3,5-6,17H,4,7H2,1-2H3. The van der Waals surface area contributed by atoms with E-state index in [-0.39, 0.29) is 64.1 Å². The van der Waals surface area contributed by atoms with Gasteiger partial charge in [-0.3, -0.25) is 9.59 Å². The molecule has 102 heavy (non-hydrogen) atoms. The van der Waals surface area contributed by atoms with E-state index < -0.39 is 195 Å². The fourth-order valence-electron chi connectivity index (χ4n) is 19.8. The van der Waals surface area contributed by atoms with Gasteiger partial charge in [-0.1, -0.05) is 66.2 Å². The molecule has 1 aromatic heterocycles. The third-order valence-electron chi connectivity index (χ3n) is 26.0. The van der Waals surface area contributed by atoms with Crippen LogP contribution in [0.15, 0.2) is 44.6 Å². The minimum absolute atomic E-state index is 0.0350. The first-order valence-electron chi connectivity index (χ1n) is 36.1. The number of phenols is 1. The number of aliphatic hydroxyl groups is 14. The molecule has 574 valence electrons. The van der Waals surface area contributed by atoms with Crippen LogP contribution >= 0.6 is 0 Å². The molecule has 13 rings (SSSR count). The SMILES string of the molecule is CC1=CCc2c(cc3oc(C)cc(=O)c3c2O)OC1.CC1OC(OC2CCC3(C)C(CCC4(C)C3CC=C3C5CC(C)(C)CCC5(C(=O)OC5OCC(O)C(O)C5OC5OC(C)C(OC6OC(CO)C(O)C(O)C6O)C(O)C5O)C(O)CC34C)C2(C)C)C(O)C(O)C1OC1OCC(O)C(O)C1O. The van der Waals surface area contributed by atoms with Gasteiger partial charge in [-0.05, 0) is 142 Å². The summed E-state index contributed by atoms with van der Waals surface area (Å²) >= 11 is 0. The normalized spacial score (nSPS) is 47.6. The lowest BCUT2D eigenvalue weighted by Crippen LogP contribution is -2.68. The molecule has 0 spiro atoms. The van der Waals surface area contributed by atoms with Gasteiger partial charge in [-0.25, -0.2) is 0 Å². The maximum absolute atomic E-state index is 15.4. The number of esters is 1. The van der Waals surface area contributed by atoms with Gasteiger partial charge >= 0.3 is 5.97 Å². The second-order valence-electron chi connectivity index (χ2n) is 33.1. The van der Waals surface area contributed by atoms with Crippen molar-refractivity contribution in [2.75, 3.05) is 26.4 Å². The maximum atomic E-state index is 15.4. The minimum Gasteiger partial charge on any atom is -0.507 e. The van der Waals surface area contributed by atoms with Gasteiger partial charge in [0.1, 0.15) is 132 Å². The van der Waals surface area contributed by atoms with Crippen LogP contribution in [0.2, 0.25) is 0 Å². The number of hydrogen-bond donors (Lipinski definition) is 15. The first kappa shape index (κ1) is 77.7. The second-order valence-corrected chi connectivity index (χ2v) is 33.1. The Labute approximate surface area is 591 Å². The third kappa shape index (κ3) is 13.3. The number of carbonyl (C=O) groups is 1. The second kappa shape index (κ2) is 28.9. The molecule has 7 heterocycles. The molecule has 4 saturated carbocycles. The fourth-order valence-corrected chi connectivity index (χ4v) is 19.8. The van der Waals surface area contributed by atoms with Crippen LogP contribution in [0.4, 0.5) is 0 Å². The van der Waals surface area contributed by atoms with Gasteiger partial charge in [0.15, 0.2) is 36.7 Å². The van der Waals surface area contributed by atoms with Crippen molar-refractivity contribution in [3.05, 3.63) is 57.0 Å². The van der Waals surface area contributed by atoms with Crippen molar-refractivity contribution in [3.8, 4) is 11.5 Å². The number of allylic oxidation sites excluding steroid dienone is 3. The molecule has 32 unspecified atom stereocenters. The van der Waals surface area contributed by atoms with E-state index in [9.17, 15) is 81.4 Å². The molecule has 1 aromatic carbocycles. The van der Waals surface area contributed by atoms with E-state index in [1.807, 2.05) is 13.0 Å². The Morgan fingerprint density at radius 3 is 1.85 bits per heavy atom.